The number of nitrogens with two attached hydrogens (primary N) is 1. The number of hydrogen-bond acceptors (Lipinski definition) is 5. The van der Waals surface area contributed by atoms with Crippen molar-refractivity contribution < 1.29 is 12.8 Å². The van der Waals surface area contributed by atoms with E-state index in [1.807, 2.05) is 26.0 Å². The molecule has 0 bridgehead atoms. The predicted molar refractivity (Wildman–Crippen MR) is 120 cm³/mol. The Kier molecular flexibility index (Phi) is 6.43. The van der Waals surface area contributed by atoms with Crippen LogP contribution in [0.5, 0.6) is 0 Å². The van der Waals surface area contributed by atoms with E-state index >= 15 is 0 Å². The highest BCUT2D eigenvalue weighted by molar-refractivity contribution is 7.91. The fourth-order valence-corrected chi connectivity index (χ4v) is 4.90. The second-order valence-corrected chi connectivity index (χ2v) is 9.41. The maximum absolute atomic E-state index is 13.5. The van der Waals surface area contributed by atoms with Crippen LogP contribution in [0.3, 0.4) is 0 Å². The molecule has 0 unspecified atom stereocenters. The van der Waals surface area contributed by atoms with Crippen LogP contribution in [0.4, 0.5) is 4.39 Å². The Morgan fingerprint density at radius 2 is 1.58 bits per heavy atom. The minimum absolute atomic E-state index is 0.0941. The van der Waals surface area contributed by atoms with Gasteiger partial charge in [0, 0.05) is 25.4 Å². The van der Waals surface area contributed by atoms with Crippen molar-refractivity contribution in [3.05, 3.63) is 69.3 Å². The standard InChI is InChI=1S/C23H26FN3O3S/c1-5-15-11-14(13-25)12-16(6-2)19(15)20-22(31(4,29)30)21(26-27(3)23(20)28)17-7-9-18(24)10-8-17/h7-12H,5-6,13,25H2,1-4H3. The normalized spacial score (nSPS) is 11.7. The van der Waals surface area contributed by atoms with Gasteiger partial charge in [-0.2, -0.15) is 5.10 Å². The first kappa shape index (κ1) is 22.8. The van der Waals surface area contributed by atoms with Gasteiger partial charge in [0.1, 0.15) is 16.4 Å². The van der Waals surface area contributed by atoms with Gasteiger partial charge >= 0.3 is 0 Å². The van der Waals surface area contributed by atoms with Crippen LogP contribution in [0.25, 0.3) is 22.4 Å². The van der Waals surface area contributed by atoms with E-state index < -0.39 is 21.2 Å². The first-order valence-electron chi connectivity index (χ1n) is 10.0. The zero-order valence-electron chi connectivity index (χ0n) is 18.1. The maximum Gasteiger partial charge on any atom is 0.275 e. The summed E-state index contributed by atoms with van der Waals surface area (Å²) in [7, 11) is -2.39. The van der Waals surface area contributed by atoms with E-state index in [9.17, 15) is 17.6 Å². The second kappa shape index (κ2) is 8.72. The van der Waals surface area contributed by atoms with Crippen molar-refractivity contribution in [2.75, 3.05) is 6.26 Å². The third kappa shape index (κ3) is 4.31. The van der Waals surface area contributed by atoms with Crippen molar-refractivity contribution in [1.29, 1.82) is 0 Å². The van der Waals surface area contributed by atoms with Crippen molar-refractivity contribution in [2.24, 2.45) is 12.8 Å². The smallest absolute Gasteiger partial charge is 0.275 e. The summed E-state index contributed by atoms with van der Waals surface area (Å²) < 4.78 is 40.6. The molecule has 1 aromatic heterocycles. The van der Waals surface area contributed by atoms with Gasteiger partial charge in [-0.05, 0) is 59.4 Å². The molecule has 8 heteroatoms. The molecule has 0 fully saturated rings. The van der Waals surface area contributed by atoms with Crippen LogP contribution < -0.4 is 11.3 Å². The molecule has 1 heterocycles. The molecule has 164 valence electrons. The van der Waals surface area contributed by atoms with E-state index in [-0.39, 0.29) is 16.2 Å². The molecular weight excluding hydrogens is 417 g/mol. The highest BCUT2D eigenvalue weighted by Gasteiger charge is 2.28. The van der Waals surface area contributed by atoms with Gasteiger partial charge in [-0.3, -0.25) is 4.79 Å². The van der Waals surface area contributed by atoms with Crippen molar-refractivity contribution in [1.82, 2.24) is 9.78 Å². The lowest BCUT2D eigenvalue weighted by atomic mass is 9.89. The number of nitrogens with zero attached hydrogens (tertiary/aromatic N) is 2. The van der Waals surface area contributed by atoms with Crippen LogP contribution in [-0.4, -0.2) is 24.5 Å². The summed E-state index contributed by atoms with van der Waals surface area (Å²) in [5.74, 6) is -0.450. The van der Waals surface area contributed by atoms with Crippen molar-refractivity contribution >= 4 is 9.84 Å². The highest BCUT2D eigenvalue weighted by atomic mass is 32.2. The molecule has 0 aliphatic rings. The van der Waals surface area contributed by atoms with Gasteiger partial charge < -0.3 is 5.73 Å². The topological polar surface area (TPSA) is 95.1 Å². The predicted octanol–water partition coefficient (Wildman–Crippen LogP) is 3.24. The number of hydrogen-bond donors (Lipinski definition) is 1. The Morgan fingerprint density at radius 3 is 2.03 bits per heavy atom. The van der Waals surface area contributed by atoms with Crippen LogP contribution in [0.2, 0.25) is 0 Å². The highest BCUT2D eigenvalue weighted by Crippen LogP contribution is 2.36. The van der Waals surface area contributed by atoms with Crippen molar-refractivity contribution in [2.45, 2.75) is 38.1 Å². The van der Waals surface area contributed by atoms with E-state index in [0.717, 1.165) is 27.6 Å². The molecule has 0 aliphatic carbocycles. The monoisotopic (exact) mass is 443 g/mol. The molecule has 6 nitrogen and oxygen atoms in total. The fourth-order valence-electron chi connectivity index (χ4n) is 3.83. The zero-order chi connectivity index (χ0) is 22.9. The number of rotatable bonds is 6. The molecule has 0 saturated heterocycles. The summed E-state index contributed by atoms with van der Waals surface area (Å²) in [6.07, 6.45) is 2.25. The Morgan fingerprint density at radius 1 is 1.03 bits per heavy atom. The molecule has 0 amide bonds. The summed E-state index contributed by atoms with van der Waals surface area (Å²) in [5, 5.41) is 4.25. The summed E-state index contributed by atoms with van der Waals surface area (Å²) in [4.78, 5) is 13.2. The number of halogens is 1. The molecule has 2 aromatic carbocycles. The second-order valence-electron chi connectivity index (χ2n) is 7.46. The average molecular weight is 444 g/mol. The first-order valence-corrected chi connectivity index (χ1v) is 11.9. The van der Waals surface area contributed by atoms with Crippen molar-refractivity contribution in [3.63, 3.8) is 0 Å². The van der Waals surface area contributed by atoms with Crippen LogP contribution >= 0.6 is 0 Å². The molecule has 0 radical (unpaired) electrons. The Labute approximate surface area is 181 Å². The van der Waals surface area contributed by atoms with Gasteiger partial charge in [-0.25, -0.2) is 17.5 Å². The van der Waals surface area contributed by atoms with E-state index in [0.29, 0.717) is 30.5 Å². The van der Waals surface area contributed by atoms with Gasteiger partial charge in [0.15, 0.2) is 9.84 Å². The molecule has 0 aliphatic heterocycles. The van der Waals surface area contributed by atoms with Gasteiger partial charge in [0.05, 0.1) is 5.56 Å². The van der Waals surface area contributed by atoms with E-state index in [1.165, 1.54) is 31.3 Å². The van der Waals surface area contributed by atoms with Crippen LogP contribution in [0.15, 0.2) is 46.1 Å². The minimum Gasteiger partial charge on any atom is -0.326 e. The lowest BCUT2D eigenvalue weighted by Gasteiger charge is -2.20. The molecule has 31 heavy (non-hydrogen) atoms. The lowest BCUT2D eigenvalue weighted by Crippen LogP contribution is -2.26. The minimum atomic E-state index is -3.87. The van der Waals surface area contributed by atoms with Gasteiger partial charge in [0.2, 0.25) is 0 Å². The van der Waals surface area contributed by atoms with Gasteiger partial charge in [-0.1, -0.05) is 26.0 Å². The fraction of sp³-hybridized carbons (Fsp3) is 0.304. The zero-order valence-corrected chi connectivity index (χ0v) is 18.9. The third-order valence-electron chi connectivity index (χ3n) is 5.30. The summed E-state index contributed by atoms with van der Waals surface area (Å²) in [6.45, 7) is 4.24. The molecule has 0 atom stereocenters. The molecule has 2 N–H and O–H groups in total. The number of sulfone groups is 1. The molecule has 3 rings (SSSR count). The Bertz CT molecular complexity index is 1270. The van der Waals surface area contributed by atoms with E-state index in [4.69, 9.17) is 5.73 Å². The molecule has 3 aromatic rings. The number of benzene rings is 2. The Hall–Kier alpha value is -2.84. The summed E-state index contributed by atoms with van der Waals surface area (Å²) >= 11 is 0. The Balaban J connectivity index is 2.56. The third-order valence-corrected chi connectivity index (χ3v) is 6.44. The maximum atomic E-state index is 13.5. The SMILES string of the molecule is CCc1cc(CN)cc(CC)c1-c1c(S(C)(=O)=O)c(-c2ccc(F)cc2)nn(C)c1=O. The lowest BCUT2D eigenvalue weighted by molar-refractivity contribution is 0.599. The van der Waals surface area contributed by atoms with E-state index in [2.05, 4.69) is 5.10 Å². The largest absolute Gasteiger partial charge is 0.326 e. The molecule has 0 spiro atoms. The van der Waals surface area contributed by atoms with Gasteiger partial charge in [0.25, 0.3) is 5.56 Å². The molecule has 0 saturated carbocycles. The summed E-state index contributed by atoms with van der Waals surface area (Å²) in [6, 6.07) is 9.22. The summed E-state index contributed by atoms with van der Waals surface area (Å²) in [5.41, 5.74) is 9.18. The average Bonchev–Trinajstić information content (AvgIpc) is 2.74. The van der Waals surface area contributed by atoms with Crippen LogP contribution in [0.1, 0.15) is 30.5 Å². The van der Waals surface area contributed by atoms with Crippen molar-refractivity contribution in [3.8, 4) is 22.4 Å². The molecular formula is C23H26FN3O3S. The number of aromatic nitrogens is 2. The van der Waals surface area contributed by atoms with Crippen LogP contribution in [-0.2, 0) is 36.3 Å². The van der Waals surface area contributed by atoms with E-state index in [1.54, 1.807) is 0 Å². The van der Waals surface area contributed by atoms with Gasteiger partial charge in [-0.15, -0.1) is 0 Å². The number of aryl methyl sites for hydroxylation is 3. The van der Waals surface area contributed by atoms with Crippen LogP contribution in [0, 0.1) is 5.82 Å². The quantitative estimate of drug-likeness (QED) is 0.631. The first-order chi connectivity index (χ1) is 14.6.